The Labute approximate surface area is 471 Å². The standard InChI is InChI=1S/C65H76N2O12Si/c1-80(2,3)35-34-64-36-53(73-40-48-26-14-6-15-27-48)56(66-62(64)69)61(78-64)59(76-43-51-32-20-9-21-33-51)55(45-72-39-47-24-12-5-13-25-47)77-65-37-54(74-41-49-28-16-7-17-29-49)57(67-63(65)70)60(79-65)58(75-42-50-30-18-8-19-31-50)52(68)44-71-38-46-22-10-4-11-23-46/h4-33,52-61,68H,34-45H2,1-3H3,(H,66,69)(H,67,70)/t52-,53+,54+,55-,56-,57-,58-,59+,60-,61-,64-,65-/m1/s1. The molecule has 15 heteroatoms. The van der Waals surface area contributed by atoms with Gasteiger partial charge in [-0.1, -0.05) is 208 Å². The van der Waals surface area contributed by atoms with Gasteiger partial charge in [-0.25, -0.2) is 0 Å². The molecule has 0 radical (unpaired) electrons. The zero-order chi connectivity index (χ0) is 55.4. The number of benzene rings is 6. The Balaban J connectivity index is 1.04. The van der Waals surface area contributed by atoms with E-state index in [0.717, 1.165) is 39.4 Å². The van der Waals surface area contributed by atoms with E-state index in [2.05, 4.69) is 30.3 Å². The minimum Gasteiger partial charge on any atom is -0.388 e. The number of nitrogens with one attached hydrogen (secondary N) is 2. The normalized spacial score (nSPS) is 25.8. The lowest BCUT2D eigenvalue weighted by molar-refractivity contribution is -0.354. The Bertz CT molecular complexity index is 2860. The fourth-order valence-corrected chi connectivity index (χ4v) is 12.4. The van der Waals surface area contributed by atoms with Gasteiger partial charge in [0.05, 0.1) is 77.1 Å². The highest BCUT2D eigenvalue weighted by Crippen LogP contribution is 2.46. The van der Waals surface area contributed by atoms with E-state index in [4.69, 9.17) is 42.6 Å². The van der Waals surface area contributed by atoms with Gasteiger partial charge >= 0.3 is 0 Å². The Morgan fingerprint density at radius 3 is 1.39 bits per heavy atom. The van der Waals surface area contributed by atoms with Crippen molar-refractivity contribution in [2.45, 2.75) is 157 Å². The zero-order valence-electron chi connectivity index (χ0n) is 46.0. The van der Waals surface area contributed by atoms with Crippen molar-refractivity contribution in [1.82, 2.24) is 10.6 Å². The summed E-state index contributed by atoms with van der Waals surface area (Å²) in [5, 5.41) is 19.0. The lowest BCUT2D eigenvalue weighted by Crippen LogP contribution is -2.78. The monoisotopic (exact) mass is 1100 g/mol. The molecule has 4 bridgehead atoms. The van der Waals surface area contributed by atoms with Crippen LogP contribution in [0.1, 0.15) is 52.6 Å². The highest BCUT2D eigenvalue weighted by Gasteiger charge is 2.65. The largest absolute Gasteiger partial charge is 0.388 e. The lowest BCUT2D eigenvalue weighted by atomic mass is 9.77. The number of piperidine rings is 2. The molecule has 6 fully saturated rings. The number of carbonyl (C=O) groups excluding carboxylic acids is 2. The molecule has 6 saturated heterocycles. The van der Waals surface area contributed by atoms with Crippen LogP contribution in [0.25, 0.3) is 0 Å². The second-order valence-electron chi connectivity index (χ2n) is 22.8. The maximum Gasteiger partial charge on any atom is 0.280 e. The van der Waals surface area contributed by atoms with Crippen molar-refractivity contribution in [1.29, 1.82) is 0 Å². The maximum atomic E-state index is 15.2. The molecule has 3 N–H and O–H groups in total. The fourth-order valence-electron chi connectivity index (χ4n) is 11.2. The number of ether oxygens (including phenoxy) is 9. The summed E-state index contributed by atoms with van der Waals surface area (Å²) in [6.45, 7) is 7.89. The smallest absolute Gasteiger partial charge is 0.280 e. The summed E-state index contributed by atoms with van der Waals surface area (Å²) < 4.78 is 62.5. The maximum absolute atomic E-state index is 15.2. The highest BCUT2D eigenvalue weighted by atomic mass is 28.3. The van der Waals surface area contributed by atoms with Gasteiger partial charge in [0.25, 0.3) is 17.6 Å². The van der Waals surface area contributed by atoms with Crippen molar-refractivity contribution in [2.24, 2.45) is 0 Å². The van der Waals surface area contributed by atoms with E-state index < -0.39 is 86.3 Å². The van der Waals surface area contributed by atoms with Crippen LogP contribution in [0, 0.1) is 0 Å². The Morgan fingerprint density at radius 1 is 0.512 bits per heavy atom. The van der Waals surface area contributed by atoms with E-state index in [9.17, 15) is 9.90 Å². The number of hydrogen-bond acceptors (Lipinski definition) is 12. The average molecular weight is 1110 g/mol. The van der Waals surface area contributed by atoms with Gasteiger partial charge in [-0.3, -0.25) is 9.59 Å². The second-order valence-corrected chi connectivity index (χ2v) is 28.4. The highest BCUT2D eigenvalue weighted by molar-refractivity contribution is 6.76. The van der Waals surface area contributed by atoms with Crippen LogP contribution >= 0.6 is 0 Å². The predicted octanol–water partition coefficient (Wildman–Crippen LogP) is 9.25. The number of hydrogen-bond donors (Lipinski definition) is 3. The molecule has 0 aliphatic carbocycles. The van der Waals surface area contributed by atoms with Crippen molar-refractivity contribution < 1.29 is 57.3 Å². The van der Waals surface area contributed by atoms with E-state index in [1.54, 1.807) is 0 Å². The molecule has 6 aromatic rings. The third-order valence-corrected chi connectivity index (χ3v) is 17.3. The minimum atomic E-state index is -2.06. The number of aliphatic hydroxyl groups excluding tert-OH is 1. The predicted molar refractivity (Wildman–Crippen MR) is 304 cm³/mol. The van der Waals surface area contributed by atoms with Crippen LogP contribution in [0.4, 0.5) is 0 Å². The molecule has 0 unspecified atom stereocenters. The Kier molecular flexibility index (Phi) is 19.2. The molecule has 2 amide bonds. The van der Waals surface area contributed by atoms with Crippen molar-refractivity contribution in [3.05, 3.63) is 215 Å². The van der Waals surface area contributed by atoms with Gasteiger partial charge in [0.15, 0.2) is 0 Å². The number of morpholine rings is 2. The number of amides is 2. The number of rotatable bonds is 29. The Morgan fingerprint density at radius 2 is 0.912 bits per heavy atom. The molecule has 0 aromatic heterocycles. The van der Waals surface area contributed by atoms with Crippen LogP contribution in [0.15, 0.2) is 182 Å². The van der Waals surface area contributed by atoms with Gasteiger partial charge in [-0.2, -0.15) is 0 Å². The molecule has 0 saturated carbocycles. The van der Waals surface area contributed by atoms with Crippen molar-refractivity contribution in [3.8, 4) is 0 Å². The van der Waals surface area contributed by atoms with E-state index in [1.807, 2.05) is 182 Å². The molecule has 6 aliphatic heterocycles. The number of carbonyl (C=O) groups is 2. The lowest BCUT2D eigenvalue weighted by Gasteiger charge is -2.57. The van der Waals surface area contributed by atoms with E-state index in [0.29, 0.717) is 19.4 Å². The molecular weight excluding hydrogens is 1030 g/mol. The van der Waals surface area contributed by atoms with Crippen LogP contribution in [-0.4, -0.2) is 111 Å². The molecule has 80 heavy (non-hydrogen) atoms. The van der Waals surface area contributed by atoms with E-state index in [1.165, 1.54) is 0 Å². The van der Waals surface area contributed by atoms with Crippen LogP contribution in [0.2, 0.25) is 25.7 Å². The van der Waals surface area contributed by atoms with Crippen LogP contribution in [0.3, 0.4) is 0 Å². The number of aliphatic hydroxyl groups is 1. The Hall–Kier alpha value is -5.92. The first kappa shape index (κ1) is 57.3. The molecule has 422 valence electrons. The summed E-state index contributed by atoms with van der Waals surface area (Å²) in [5.74, 6) is -2.78. The average Bonchev–Trinajstić information content (AvgIpc) is 3.61. The van der Waals surface area contributed by atoms with Crippen molar-refractivity contribution in [3.63, 3.8) is 0 Å². The fraction of sp³-hybridized carbons (Fsp3) is 0.415. The second kappa shape index (κ2) is 26.8. The third kappa shape index (κ3) is 14.6. The molecular formula is C65H76N2O12Si. The summed E-state index contributed by atoms with van der Waals surface area (Å²) in [4.78, 5) is 29.8. The summed E-state index contributed by atoms with van der Waals surface area (Å²) in [5.41, 5.74) is 4.29. The topological polar surface area (TPSA) is 162 Å². The quantitative estimate of drug-likeness (QED) is 0.0383. The van der Waals surface area contributed by atoms with Gasteiger partial charge in [-0.05, 0) is 39.8 Å². The summed E-state index contributed by atoms with van der Waals surface area (Å²) in [7, 11) is -1.73. The molecule has 12 rings (SSSR count). The van der Waals surface area contributed by atoms with Crippen LogP contribution < -0.4 is 10.6 Å². The minimum absolute atomic E-state index is 0.0337. The van der Waals surface area contributed by atoms with Crippen LogP contribution in [0.5, 0.6) is 0 Å². The van der Waals surface area contributed by atoms with Gasteiger partial charge < -0.3 is 58.4 Å². The molecule has 6 aliphatic rings. The van der Waals surface area contributed by atoms with Gasteiger partial charge in [0.2, 0.25) is 0 Å². The molecule has 6 aromatic carbocycles. The summed E-state index contributed by atoms with van der Waals surface area (Å²) in [6, 6.07) is 58.2. The first-order valence-corrected chi connectivity index (χ1v) is 31.8. The van der Waals surface area contributed by atoms with E-state index >= 15 is 4.79 Å². The zero-order valence-corrected chi connectivity index (χ0v) is 47.0. The SMILES string of the molecule is C[Si](C)(C)CC[C@@]12C[C@H](OCc3ccccc3)[C@@H](NC1=O)[C@H]([C@@H](OCc1ccccc1)[C@@H](COCc1ccccc1)O[C@@]13C[C@H](OCc4ccccc4)[C@@H](NC1=O)[C@H]([C@H](OCc1ccccc1)[C@H](O)COCc1ccccc1)O3)O2. The van der Waals surface area contributed by atoms with Gasteiger partial charge in [0, 0.05) is 20.9 Å². The van der Waals surface area contributed by atoms with E-state index in [-0.39, 0.29) is 58.6 Å². The first-order chi connectivity index (χ1) is 38.9. The van der Waals surface area contributed by atoms with Crippen molar-refractivity contribution in [2.75, 3.05) is 13.2 Å². The molecule has 14 nitrogen and oxygen atoms in total. The third-order valence-electron chi connectivity index (χ3n) is 15.5. The molecule has 0 spiro atoms. The van der Waals surface area contributed by atoms with Gasteiger partial charge in [0.1, 0.15) is 42.2 Å². The molecule has 6 heterocycles. The van der Waals surface area contributed by atoms with Gasteiger partial charge in [-0.15, -0.1) is 0 Å². The summed E-state index contributed by atoms with van der Waals surface area (Å²) in [6.07, 6.45) is -6.73. The van der Waals surface area contributed by atoms with Crippen molar-refractivity contribution >= 4 is 19.9 Å². The first-order valence-electron chi connectivity index (χ1n) is 28.1. The summed E-state index contributed by atoms with van der Waals surface area (Å²) >= 11 is 0. The number of fused-ring (bicyclic) bond motifs is 6. The molecule has 12 atom stereocenters. The van der Waals surface area contributed by atoms with Crippen LogP contribution in [-0.2, 0) is 91.9 Å².